The molecule has 3 nitrogen and oxygen atoms in total. The van der Waals surface area contributed by atoms with Gasteiger partial charge in [-0.25, -0.2) is 18.4 Å². The Morgan fingerprint density at radius 2 is 1.04 bits per heavy atom. The lowest BCUT2D eigenvalue weighted by Crippen LogP contribution is -2.27. The van der Waals surface area contributed by atoms with E-state index in [1.54, 1.807) is 0 Å². The number of hydrogen-bond acceptors (Lipinski definition) is 3. The number of alkyl halides is 2. The van der Waals surface area contributed by atoms with E-state index < -0.39 is 24.3 Å². The molecule has 0 N–H and O–H groups in total. The lowest BCUT2D eigenvalue weighted by Gasteiger charge is -2.10. The van der Waals surface area contributed by atoms with Crippen LogP contribution in [0.3, 0.4) is 0 Å². The molecule has 0 fully saturated rings. The number of carbonyl (C=O) groups excluding carboxylic acids is 2. The summed E-state index contributed by atoms with van der Waals surface area (Å²) in [6, 6.07) is 0. The summed E-state index contributed by atoms with van der Waals surface area (Å²) in [6.45, 7) is 4.16. The Labute approximate surface area is 139 Å². The highest BCUT2D eigenvalue weighted by Gasteiger charge is 2.26. The first-order valence-electron chi connectivity index (χ1n) is 9.06. The zero-order valence-corrected chi connectivity index (χ0v) is 14.6. The predicted molar refractivity (Wildman–Crippen MR) is 87.6 cm³/mol. The van der Waals surface area contributed by atoms with Gasteiger partial charge in [0.15, 0.2) is 12.3 Å². The minimum Gasteiger partial charge on any atom is -0.389 e. The minimum absolute atomic E-state index is 0.0315. The molecule has 136 valence electrons. The quantitative estimate of drug-likeness (QED) is 0.241. The minimum atomic E-state index is -1.84. The van der Waals surface area contributed by atoms with Crippen LogP contribution in [0, 0.1) is 0 Å². The lowest BCUT2D eigenvalue weighted by atomic mass is 10.1. The van der Waals surface area contributed by atoms with Gasteiger partial charge in [-0.3, -0.25) is 0 Å². The largest absolute Gasteiger partial charge is 0.389 e. The van der Waals surface area contributed by atoms with E-state index >= 15 is 0 Å². The first kappa shape index (κ1) is 22.0. The Hall–Kier alpha value is -1.00. The van der Waals surface area contributed by atoms with Crippen LogP contribution in [-0.2, 0) is 14.3 Å². The normalized spacial score (nSPS) is 13.6. The monoisotopic (exact) mass is 334 g/mol. The highest BCUT2D eigenvalue weighted by molar-refractivity contribution is 5.89. The van der Waals surface area contributed by atoms with Gasteiger partial charge in [-0.05, 0) is 25.7 Å². The molecule has 0 aliphatic rings. The van der Waals surface area contributed by atoms with Crippen molar-refractivity contribution in [3.05, 3.63) is 0 Å². The van der Waals surface area contributed by atoms with Crippen molar-refractivity contribution < 1.29 is 23.1 Å². The van der Waals surface area contributed by atoms with Crippen molar-refractivity contribution in [1.82, 2.24) is 0 Å². The van der Waals surface area contributed by atoms with Crippen LogP contribution in [0.2, 0.25) is 0 Å². The molecule has 0 rings (SSSR count). The molecular formula is C18H32F2O3. The average Bonchev–Trinajstić information content (AvgIpc) is 2.53. The molecule has 2 unspecified atom stereocenters. The number of esters is 2. The first-order chi connectivity index (χ1) is 11.0. The van der Waals surface area contributed by atoms with E-state index in [0.29, 0.717) is 12.8 Å². The SMILES string of the molecule is CCCCCCCC(F)C(=O)OC(=O)C(F)CCCCCCC. The van der Waals surface area contributed by atoms with Gasteiger partial charge in [-0.15, -0.1) is 0 Å². The van der Waals surface area contributed by atoms with Crippen molar-refractivity contribution in [2.75, 3.05) is 0 Å². The van der Waals surface area contributed by atoms with E-state index in [1.165, 1.54) is 0 Å². The van der Waals surface area contributed by atoms with Gasteiger partial charge in [-0.1, -0.05) is 65.2 Å². The number of ether oxygens (including phenoxy) is 1. The Balaban J connectivity index is 3.82. The zero-order valence-electron chi connectivity index (χ0n) is 14.6. The highest BCUT2D eigenvalue weighted by Crippen LogP contribution is 2.13. The summed E-state index contributed by atoms with van der Waals surface area (Å²) in [5, 5.41) is 0. The Kier molecular flexibility index (Phi) is 13.9. The molecule has 0 spiro atoms. The zero-order chi connectivity index (χ0) is 17.5. The van der Waals surface area contributed by atoms with Crippen LogP contribution in [-0.4, -0.2) is 24.3 Å². The number of unbranched alkanes of at least 4 members (excludes halogenated alkanes) is 8. The molecular weight excluding hydrogens is 302 g/mol. The van der Waals surface area contributed by atoms with Crippen LogP contribution in [0.25, 0.3) is 0 Å². The summed E-state index contributed by atoms with van der Waals surface area (Å²) in [4.78, 5) is 22.8. The predicted octanol–water partition coefficient (Wildman–Crippen LogP) is 5.45. The van der Waals surface area contributed by atoms with Crippen LogP contribution >= 0.6 is 0 Å². The molecule has 0 aliphatic heterocycles. The molecule has 0 bridgehead atoms. The van der Waals surface area contributed by atoms with E-state index in [4.69, 9.17) is 0 Å². The Bertz CT molecular complexity index is 291. The van der Waals surface area contributed by atoms with Crippen molar-refractivity contribution >= 4 is 11.9 Å². The van der Waals surface area contributed by atoms with E-state index in [2.05, 4.69) is 18.6 Å². The van der Waals surface area contributed by atoms with Gasteiger partial charge >= 0.3 is 11.9 Å². The lowest BCUT2D eigenvalue weighted by molar-refractivity contribution is -0.167. The van der Waals surface area contributed by atoms with E-state index in [9.17, 15) is 18.4 Å². The van der Waals surface area contributed by atoms with Gasteiger partial charge in [0.05, 0.1) is 0 Å². The van der Waals surface area contributed by atoms with Gasteiger partial charge in [0.1, 0.15) is 0 Å². The molecule has 0 aromatic carbocycles. The van der Waals surface area contributed by atoms with Crippen LogP contribution in [0.4, 0.5) is 8.78 Å². The molecule has 23 heavy (non-hydrogen) atoms. The second-order valence-corrected chi connectivity index (χ2v) is 6.08. The number of halogens is 2. The fraction of sp³-hybridized carbons (Fsp3) is 0.889. The summed E-state index contributed by atoms with van der Waals surface area (Å²) in [7, 11) is 0. The Morgan fingerprint density at radius 3 is 1.39 bits per heavy atom. The fourth-order valence-corrected chi connectivity index (χ4v) is 2.32. The van der Waals surface area contributed by atoms with Gasteiger partial charge in [0.25, 0.3) is 0 Å². The molecule has 2 atom stereocenters. The third-order valence-electron chi connectivity index (χ3n) is 3.83. The number of hydrogen-bond donors (Lipinski definition) is 0. The third-order valence-corrected chi connectivity index (χ3v) is 3.83. The fourth-order valence-electron chi connectivity index (χ4n) is 2.32. The molecule has 0 saturated carbocycles. The van der Waals surface area contributed by atoms with Crippen molar-refractivity contribution in [2.24, 2.45) is 0 Å². The summed E-state index contributed by atoms with van der Waals surface area (Å²) < 4.78 is 31.4. The highest BCUT2D eigenvalue weighted by atomic mass is 19.1. The molecule has 0 heterocycles. The molecule has 0 aromatic rings. The molecule has 0 aromatic heterocycles. The standard InChI is InChI=1S/C18H32F2O3/c1-3-5-7-9-11-13-15(19)17(21)23-18(22)16(20)14-12-10-8-6-4-2/h15-16H,3-14H2,1-2H3. The second-order valence-electron chi connectivity index (χ2n) is 6.08. The first-order valence-corrected chi connectivity index (χ1v) is 9.06. The van der Waals surface area contributed by atoms with Crippen molar-refractivity contribution in [3.8, 4) is 0 Å². The summed E-state index contributed by atoms with van der Waals surface area (Å²) in [5.41, 5.74) is 0. The van der Waals surface area contributed by atoms with Crippen LogP contribution in [0.5, 0.6) is 0 Å². The van der Waals surface area contributed by atoms with E-state index in [0.717, 1.165) is 51.4 Å². The topological polar surface area (TPSA) is 43.4 Å². The smallest absolute Gasteiger partial charge is 0.348 e. The maximum atomic E-state index is 13.6. The Morgan fingerprint density at radius 1 is 0.696 bits per heavy atom. The van der Waals surface area contributed by atoms with Crippen LogP contribution < -0.4 is 0 Å². The molecule has 0 amide bonds. The van der Waals surface area contributed by atoms with Crippen molar-refractivity contribution in [3.63, 3.8) is 0 Å². The molecule has 0 radical (unpaired) electrons. The van der Waals surface area contributed by atoms with Gasteiger partial charge in [0.2, 0.25) is 0 Å². The molecule has 0 aliphatic carbocycles. The average molecular weight is 334 g/mol. The van der Waals surface area contributed by atoms with Crippen molar-refractivity contribution in [2.45, 2.75) is 103 Å². The summed E-state index contributed by atoms with van der Waals surface area (Å²) >= 11 is 0. The van der Waals surface area contributed by atoms with Gasteiger partial charge in [0, 0.05) is 0 Å². The van der Waals surface area contributed by atoms with E-state index in [1.807, 2.05) is 0 Å². The second kappa shape index (κ2) is 14.6. The third kappa shape index (κ3) is 12.1. The van der Waals surface area contributed by atoms with Gasteiger partial charge < -0.3 is 4.74 Å². The van der Waals surface area contributed by atoms with Crippen LogP contribution in [0.1, 0.15) is 90.9 Å². The number of carbonyl (C=O) groups is 2. The number of rotatable bonds is 14. The van der Waals surface area contributed by atoms with Crippen LogP contribution in [0.15, 0.2) is 0 Å². The maximum absolute atomic E-state index is 13.6. The van der Waals surface area contributed by atoms with Gasteiger partial charge in [-0.2, -0.15) is 0 Å². The molecule has 0 saturated heterocycles. The van der Waals surface area contributed by atoms with Crippen molar-refractivity contribution in [1.29, 1.82) is 0 Å². The maximum Gasteiger partial charge on any atom is 0.348 e. The summed E-state index contributed by atoms with van der Waals surface area (Å²) in [5.74, 6) is -2.50. The molecule has 5 heteroatoms. The van der Waals surface area contributed by atoms with E-state index in [-0.39, 0.29) is 12.8 Å². The summed E-state index contributed by atoms with van der Waals surface area (Å²) in [6.07, 6.45) is 5.58.